The van der Waals surface area contributed by atoms with Gasteiger partial charge < -0.3 is 13.6 Å². The molecule has 0 bridgehead atoms. The average Bonchev–Trinajstić information content (AvgIpc) is 4.08. The Kier molecular flexibility index (Phi) is 8.92. The van der Waals surface area contributed by atoms with Crippen molar-refractivity contribution in [2.75, 3.05) is 0 Å². The Balaban J connectivity index is 0.858. The molecule has 0 N–H and O–H groups in total. The summed E-state index contributed by atoms with van der Waals surface area (Å²) >= 11 is 0. The van der Waals surface area contributed by atoms with Crippen LogP contribution in [-0.4, -0.2) is 24.1 Å². The van der Waals surface area contributed by atoms with Crippen LogP contribution in [0.4, 0.5) is 0 Å². The topological polar surface area (TPSA) is 61.7 Å². The minimum Gasteiger partial charge on any atom is -0.456 e. The molecule has 0 amide bonds. The van der Waals surface area contributed by atoms with Gasteiger partial charge in [-0.2, -0.15) is 0 Å². The largest absolute Gasteiger partial charge is 0.456 e. The summed E-state index contributed by atoms with van der Waals surface area (Å²) in [5.41, 5.74) is 16.3. The van der Waals surface area contributed by atoms with Crippen molar-refractivity contribution in [2.24, 2.45) is 0 Å². The number of allylic oxidation sites excluding steroid dienone is 4. The first kappa shape index (κ1) is 39.1. The van der Waals surface area contributed by atoms with Crippen LogP contribution in [0.2, 0.25) is 0 Å². The summed E-state index contributed by atoms with van der Waals surface area (Å²) in [4.78, 5) is 14.9. The van der Waals surface area contributed by atoms with Gasteiger partial charge in [-0.15, -0.1) is 0 Å². The van der Waals surface area contributed by atoms with Crippen LogP contribution in [0.25, 0.3) is 133 Å². The van der Waals surface area contributed by atoms with Gasteiger partial charge in [0.15, 0.2) is 17.5 Å². The van der Waals surface area contributed by atoms with Crippen LogP contribution in [0.1, 0.15) is 12.8 Å². The van der Waals surface area contributed by atoms with Crippen molar-refractivity contribution >= 4 is 71.2 Å². The summed E-state index contributed by atoms with van der Waals surface area (Å²) in [7, 11) is 0. The molecule has 6 nitrogen and oxygen atoms in total. The first-order chi connectivity index (χ1) is 34.2. The molecule has 0 aliphatic heterocycles. The van der Waals surface area contributed by atoms with E-state index in [2.05, 4.69) is 173 Å². The van der Waals surface area contributed by atoms with E-state index in [9.17, 15) is 0 Å². The van der Waals surface area contributed by atoms with Crippen molar-refractivity contribution in [1.82, 2.24) is 24.1 Å². The van der Waals surface area contributed by atoms with Gasteiger partial charge in [0.25, 0.3) is 0 Å². The SMILES string of the molecule is C1=CCCC(n2c3ccccc3c3cc(-c4ccc5oc6cccc(-c7ccc8c(c7)c7ccccc7n8-c7ccc(-c8nc(-c9ccccc9)nc(-c9ccccc9)n8)cc7)c6c5c4)ccc32)=C1. The highest BCUT2D eigenvalue weighted by molar-refractivity contribution is 6.16. The Labute approximate surface area is 397 Å². The van der Waals surface area contributed by atoms with E-state index >= 15 is 0 Å². The highest BCUT2D eigenvalue weighted by atomic mass is 16.3. The van der Waals surface area contributed by atoms with Crippen molar-refractivity contribution in [3.63, 3.8) is 0 Å². The number of nitrogens with zero attached hydrogens (tertiary/aromatic N) is 5. The fourth-order valence-electron chi connectivity index (χ4n) is 10.6. The molecule has 9 aromatic carbocycles. The first-order valence-corrected chi connectivity index (χ1v) is 23.6. The van der Waals surface area contributed by atoms with Crippen molar-refractivity contribution in [3.05, 3.63) is 224 Å². The van der Waals surface area contributed by atoms with E-state index in [0.717, 1.165) is 84.9 Å². The normalized spacial score (nSPS) is 12.8. The summed E-state index contributed by atoms with van der Waals surface area (Å²) in [6, 6.07) is 73.1. The molecular formula is C63H41N5O. The number of fused-ring (bicyclic) bond motifs is 9. The van der Waals surface area contributed by atoms with Crippen LogP contribution in [0.15, 0.2) is 229 Å². The van der Waals surface area contributed by atoms with Crippen LogP contribution >= 0.6 is 0 Å². The van der Waals surface area contributed by atoms with Gasteiger partial charge in [-0.3, -0.25) is 0 Å². The lowest BCUT2D eigenvalue weighted by molar-refractivity contribution is 0.669. The third-order valence-electron chi connectivity index (χ3n) is 13.8. The maximum atomic E-state index is 6.59. The molecule has 0 spiro atoms. The lowest BCUT2D eigenvalue weighted by Gasteiger charge is -2.14. The van der Waals surface area contributed by atoms with Crippen LogP contribution in [-0.2, 0) is 0 Å². The van der Waals surface area contributed by atoms with E-state index in [-0.39, 0.29) is 0 Å². The Morgan fingerprint density at radius 3 is 1.55 bits per heavy atom. The molecule has 4 heterocycles. The molecule has 1 aliphatic carbocycles. The summed E-state index contributed by atoms with van der Waals surface area (Å²) < 4.78 is 11.4. The lowest BCUT2D eigenvalue weighted by atomic mass is 9.96. The van der Waals surface area contributed by atoms with Gasteiger partial charge in [0, 0.05) is 60.4 Å². The highest BCUT2D eigenvalue weighted by Gasteiger charge is 2.20. The smallest absolute Gasteiger partial charge is 0.164 e. The van der Waals surface area contributed by atoms with E-state index < -0.39 is 0 Å². The van der Waals surface area contributed by atoms with Gasteiger partial charge in [-0.25, -0.2) is 15.0 Å². The Bertz CT molecular complexity index is 4170. The molecule has 0 radical (unpaired) electrons. The van der Waals surface area contributed by atoms with E-state index in [1.165, 1.54) is 43.8 Å². The molecule has 324 valence electrons. The summed E-state index contributed by atoms with van der Waals surface area (Å²) in [5.74, 6) is 1.92. The maximum absolute atomic E-state index is 6.59. The van der Waals surface area contributed by atoms with Crippen LogP contribution in [0, 0.1) is 0 Å². The third-order valence-corrected chi connectivity index (χ3v) is 13.8. The second-order valence-electron chi connectivity index (χ2n) is 17.9. The third kappa shape index (κ3) is 6.45. The van der Waals surface area contributed by atoms with Crippen molar-refractivity contribution in [3.8, 4) is 62.1 Å². The molecule has 69 heavy (non-hydrogen) atoms. The number of rotatable bonds is 7. The van der Waals surface area contributed by atoms with Gasteiger partial charge >= 0.3 is 0 Å². The van der Waals surface area contributed by atoms with Gasteiger partial charge in [-0.05, 0) is 120 Å². The van der Waals surface area contributed by atoms with Crippen molar-refractivity contribution in [1.29, 1.82) is 0 Å². The minimum atomic E-state index is 0.629. The average molecular weight is 884 g/mol. The van der Waals surface area contributed by atoms with Crippen LogP contribution < -0.4 is 0 Å². The fraction of sp³-hybridized carbons (Fsp3) is 0.0317. The lowest BCUT2D eigenvalue weighted by Crippen LogP contribution is -2.00. The molecule has 0 saturated carbocycles. The Hall–Kier alpha value is -9.13. The minimum absolute atomic E-state index is 0.629. The standard InChI is InChI=1S/C63H41N5O/c1-4-15-40(16-5-1)61-64-62(41-17-6-2-7-18-41)66-63(65-61)42-27-32-47(33-28-42)68-55-25-13-11-22-50(55)52-39-45(30-35-57(52)68)48-23-14-26-59-60(48)53-38-44(31-36-58(53)69-59)43-29-34-56-51(37-43)49-21-10-12-24-54(49)67(56)46-19-8-3-9-20-46/h1-8,10-19,21-39H,9,20H2. The summed E-state index contributed by atoms with van der Waals surface area (Å²) in [6.45, 7) is 0. The fourth-order valence-corrected chi connectivity index (χ4v) is 10.6. The molecule has 0 unspecified atom stereocenters. The Morgan fingerprint density at radius 1 is 0.377 bits per heavy atom. The van der Waals surface area contributed by atoms with Gasteiger partial charge in [0.2, 0.25) is 0 Å². The predicted octanol–water partition coefficient (Wildman–Crippen LogP) is 16.5. The van der Waals surface area contributed by atoms with E-state index in [1.807, 2.05) is 60.7 Å². The molecule has 0 fully saturated rings. The summed E-state index contributed by atoms with van der Waals surface area (Å²) in [6.07, 6.45) is 8.78. The van der Waals surface area contributed by atoms with Crippen LogP contribution in [0.5, 0.6) is 0 Å². The number of furan rings is 1. The molecule has 0 saturated heterocycles. The number of aromatic nitrogens is 5. The predicted molar refractivity (Wildman–Crippen MR) is 284 cm³/mol. The molecule has 4 aromatic heterocycles. The monoisotopic (exact) mass is 883 g/mol. The zero-order chi connectivity index (χ0) is 45.4. The zero-order valence-corrected chi connectivity index (χ0v) is 37.4. The van der Waals surface area contributed by atoms with E-state index in [0.29, 0.717) is 17.5 Å². The van der Waals surface area contributed by atoms with E-state index in [4.69, 9.17) is 19.4 Å². The molecule has 14 rings (SSSR count). The molecule has 0 atom stereocenters. The number of benzene rings is 9. The number of hydrogen-bond donors (Lipinski definition) is 0. The van der Waals surface area contributed by atoms with Crippen molar-refractivity contribution in [2.45, 2.75) is 12.8 Å². The van der Waals surface area contributed by atoms with Crippen molar-refractivity contribution < 1.29 is 4.42 Å². The zero-order valence-electron chi connectivity index (χ0n) is 37.4. The van der Waals surface area contributed by atoms with Crippen LogP contribution in [0.3, 0.4) is 0 Å². The number of hydrogen-bond acceptors (Lipinski definition) is 4. The highest BCUT2D eigenvalue weighted by Crippen LogP contribution is 2.42. The van der Waals surface area contributed by atoms with Gasteiger partial charge in [0.1, 0.15) is 11.2 Å². The molecule has 6 heteroatoms. The second kappa shape index (κ2) is 15.8. The van der Waals surface area contributed by atoms with Gasteiger partial charge in [-0.1, -0.05) is 140 Å². The number of para-hydroxylation sites is 2. The molecular weight excluding hydrogens is 843 g/mol. The van der Waals surface area contributed by atoms with E-state index in [1.54, 1.807) is 0 Å². The second-order valence-corrected chi connectivity index (χ2v) is 17.9. The first-order valence-electron chi connectivity index (χ1n) is 23.6. The quantitative estimate of drug-likeness (QED) is 0.160. The molecule has 13 aromatic rings. The van der Waals surface area contributed by atoms with Gasteiger partial charge in [0.05, 0.1) is 22.1 Å². The maximum Gasteiger partial charge on any atom is 0.164 e. The Morgan fingerprint density at radius 2 is 0.899 bits per heavy atom. The summed E-state index contributed by atoms with van der Waals surface area (Å²) in [5, 5.41) is 7.13. The molecule has 1 aliphatic rings.